The van der Waals surface area contributed by atoms with Crippen LogP contribution in [0.5, 0.6) is 11.5 Å². The van der Waals surface area contributed by atoms with E-state index in [9.17, 15) is 9.59 Å². The molecule has 0 bridgehead atoms. The predicted molar refractivity (Wildman–Crippen MR) is 121 cm³/mol. The molecule has 1 aliphatic heterocycles. The van der Waals surface area contributed by atoms with E-state index >= 15 is 0 Å². The Hall–Kier alpha value is -2.85. The average Bonchev–Trinajstić information content (AvgIpc) is 2.77. The minimum Gasteiger partial charge on any atom is -0.493 e. The third-order valence-electron chi connectivity index (χ3n) is 5.07. The van der Waals surface area contributed by atoms with E-state index in [1.165, 1.54) is 18.7 Å². The molecule has 2 heterocycles. The molecular formula is C21H20BrN4O4S+. The van der Waals surface area contributed by atoms with Crippen LogP contribution in [0.1, 0.15) is 18.7 Å². The maximum Gasteiger partial charge on any atom is 0.325 e. The third-order valence-corrected chi connectivity index (χ3v) is 6.33. The van der Waals surface area contributed by atoms with Crippen LogP contribution in [0, 0.1) is 0 Å². The molecule has 1 amide bonds. The number of halogens is 1. The van der Waals surface area contributed by atoms with Crippen LogP contribution in [0.3, 0.4) is 0 Å². The van der Waals surface area contributed by atoms with Crippen molar-refractivity contribution in [3.63, 3.8) is 0 Å². The average molecular weight is 504 g/mol. The molecule has 2 aromatic carbocycles. The van der Waals surface area contributed by atoms with Gasteiger partial charge in [-0.1, -0.05) is 39.8 Å². The number of rotatable bonds is 4. The first-order valence-corrected chi connectivity index (χ1v) is 11.3. The zero-order valence-electron chi connectivity index (χ0n) is 17.3. The first-order valence-electron chi connectivity index (χ1n) is 9.32. The van der Waals surface area contributed by atoms with Crippen molar-refractivity contribution in [3.8, 4) is 22.8 Å². The first kappa shape index (κ1) is 21.4. The van der Waals surface area contributed by atoms with Gasteiger partial charge in [0.05, 0.1) is 31.0 Å². The molecule has 1 aliphatic rings. The molecule has 0 fully saturated rings. The van der Waals surface area contributed by atoms with Crippen LogP contribution >= 0.6 is 27.7 Å². The Morgan fingerprint density at radius 2 is 1.90 bits per heavy atom. The van der Waals surface area contributed by atoms with Gasteiger partial charge in [0.25, 0.3) is 6.17 Å². The van der Waals surface area contributed by atoms with Gasteiger partial charge in [-0.25, -0.2) is 4.90 Å². The van der Waals surface area contributed by atoms with Gasteiger partial charge in [0.15, 0.2) is 11.5 Å². The fraction of sp³-hybridized carbons (Fsp3) is 0.238. The van der Waals surface area contributed by atoms with E-state index in [2.05, 4.69) is 26.0 Å². The van der Waals surface area contributed by atoms with Gasteiger partial charge in [-0.3, -0.25) is 14.6 Å². The number of aromatic amines is 1. The number of aromatic nitrogens is 3. The van der Waals surface area contributed by atoms with Crippen LogP contribution < -0.4 is 24.6 Å². The van der Waals surface area contributed by atoms with E-state index in [0.717, 1.165) is 0 Å². The number of amides is 1. The van der Waals surface area contributed by atoms with Crippen molar-refractivity contribution in [1.82, 2.24) is 10.1 Å². The molecule has 0 saturated carbocycles. The number of H-pyrrole nitrogens is 1. The number of fused-ring (bicyclic) bond motifs is 3. The molecule has 1 N–H and O–H groups in total. The van der Waals surface area contributed by atoms with Crippen LogP contribution in [-0.4, -0.2) is 36.5 Å². The molecule has 3 aromatic rings. The Kier molecular flexibility index (Phi) is 5.76. The lowest BCUT2D eigenvalue weighted by molar-refractivity contribution is -0.763. The SMILES string of the molecule is COc1cc(Br)c(C2N(C(C)=O)c3ccccc3-c3c(=O)[nH]c(SC)n[n+]32)cc1OC. The number of benzene rings is 2. The second-order valence-electron chi connectivity index (χ2n) is 6.77. The molecule has 4 rings (SSSR count). The molecular weight excluding hydrogens is 484 g/mol. The zero-order chi connectivity index (χ0) is 22.3. The van der Waals surface area contributed by atoms with Crippen LogP contribution in [0.15, 0.2) is 50.8 Å². The number of para-hydroxylation sites is 1. The number of carbonyl (C=O) groups is 1. The van der Waals surface area contributed by atoms with Crippen LogP contribution in [0.4, 0.5) is 5.69 Å². The normalized spacial score (nSPS) is 14.6. The van der Waals surface area contributed by atoms with Gasteiger partial charge in [-0.2, -0.15) is 0 Å². The van der Waals surface area contributed by atoms with Crippen molar-refractivity contribution >= 4 is 39.3 Å². The van der Waals surface area contributed by atoms with Crippen LogP contribution in [-0.2, 0) is 4.79 Å². The molecule has 1 aromatic heterocycles. The van der Waals surface area contributed by atoms with Gasteiger partial charge in [-0.15, -0.1) is 0 Å². The lowest BCUT2D eigenvalue weighted by Crippen LogP contribution is -2.60. The molecule has 1 unspecified atom stereocenters. The number of carbonyl (C=O) groups excluding carboxylic acids is 1. The van der Waals surface area contributed by atoms with E-state index in [4.69, 9.17) is 9.47 Å². The highest BCUT2D eigenvalue weighted by molar-refractivity contribution is 9.10. The number of hydrogen-bond donors (Lipinski definition) is 1. The number of ether oxygens (including phenoxy) is 2. The highest BCUT2D eigenvalue weighted by atomic mass is 79.9. The molecule has 8 nitrogen and oxygen atoms in total. The summed E-state index contributed by atoms with van der Waals surface area (Å²) in [5.41, 5.74) is 2.05. The maximum absolute atomic E-state index is 13.1. The molecule has 0 aliphatic carbocycles. The summed E-state index contributed by atoms with van der Waals surface area (Å²) in [6, 6.07) is 10.9. The van der Waals surface area contributed by atoms with Gasteiger partial charge < -0.3 is 9.47 Å². The minimum absolute atomic E-state index is 0.190. The highest BCUT2D eigenvalue weighted by Gasteiger charge is 2.46. The fourth-order valence-electron chi connectivity index (χ4n) is 3.75. The zero-order valence-corrected chi connectivity index (χ0v) is 19.7. The van der Waals surface area contributed by atoms with E-state index in [1.54, 1.807) is 35.9 Å². The Morgan fingerprint density at radius 1 is 1.23 bits per heavy atom. The lowest BCUT2D eigenvalue weighted by atomic mass is 10.0. The molecule has 1 atom stereocenters. The summed E-state index contributed by atoms with van der Waals surface area (Å²) in [4.78, 5) is 30.4. The fourth-order valence-corrected chi connectivity index (χ4v) is 4.64. The van der Waals surface area contributed by atoms with Crippen molar-refractivity contribution < 1.29 is 19.0 Å². The molecule has 10 heteroatoms. The number of thioether (sulfide) groups is 1. The van der Waals surface area contributed by atoms with Crippen molar-refractivity contribution in [1.29, 1.82) is 0 Å². The van der Waals surface area contributed by atoms with Gasteiger partial charge in [0.2, 0.25) is 11.1 Å². The van der Waals surface area contributed by atoms with Crippen molar-refractivity contribution in [3.05, 3.63) is 56.8 Å². The van der Waals surface area contributed by atoms with Crippen molar-refractivity contribution in [2.75, 3.05) is 25.4 Å². The number of hydrogen-bond acceptors (Lipinski definition) is 6. The maximum atomic E-state index is 13.1. The van der Waals surface area contributed by atoms with E-state index in [0.29, 0.717) is 43.6 Å². The van der Waals surface area contributed by atoms with Gasteiger partial charge in [-0.05, 0) is 35.2 Å². The smallest absolute Gasteiger partial charge is 0.325 e. The molecule has 0 saturated heterocycles. The minimum atomic E-state index is -0.718. The van der Waals surface area contributed by atoms with Gasteiger partial charge >= 0.3 is 11.3 Å². The lowest BCUT2D eigenvalue weighted by Gasteiger charge is -2.32. The summed E-state index contributed by atoms with van der Waals surface area (Å²) in [6.45, 7) is 1.49. The Morgan fingerprint density at radius 3 is 2.55 bits per heavy atom. The highest BCUT2D eigenvalue weighted by Crippen LogP contribution is 2.42. The van der Waals surface area contributed by atoms with E-state index < -0.39 is 6.17 Å². The number of methoxy groups -OCH3 is 2. The summed E-state index contributed by atoms with van der Waals surface area (Å²) in [6.07, 6.45) is 1.11. The summed E-state index contributed by atoms with van der Waals surface area (Å²) < 4.78 is 13.2. The number of nitrogens with one attached hydrogen (secondary N) is 1. The Balaban J connectivity index is 2.10. The summed E-state index contributed by atoms with van der Waals surface area (Å²) in [7, 11) is 3.10. The first-order chi connectivity index (χ1) is 14.9. The van der Waals surface area contributed by atoms with Gasteiger partial charge in [0, 0.05) is 16.5 Å². The number of anilines is 1. The summed E-state index contributed by atoms with van der Waals surface area (Å²) in [5.74, 6) is 0.850. The largest absolute Gasteiger partial charge is 0.493 e. The second-order valence-corrected chi connectivity index (χ2v) is 8.41. The number of nitrogens with zero attached hydrogens (tertiary/aromatic N) is 3. The Labute approximate surface area is 191 Å². The third kappa shape index (κ3) is 3.49. The topological polar surface area (TPSA) is 88.4 Å². The van der Waals surface area contributed by atoms with Crippen LogP contribution in [0.2, 0.25) is 0 Å². The molecule has 31 heavy (non-hydrogen) atoms. The Bertz CT molecular complexity index is 1250. The van der Waals surface area contributed by atoms with Gasteiger partial charge in [0.1, 0.15) is 0 Å². The molecule has 0 spiro atoms. The molecule has 0 radical (unpaired) electrons. The van der Waals surface area contributed by atoms with E-state index in [1.807, 2.05) is 30.5 Å². The predicted octanol–water partition coefficient (Wildman–Crippen LogP) is 3.14. The summed E-state index contributed by atoms with van der Waals surface area (Å²) in [5, 5.41) is 5.10. The monoisotopic (exact) mass is 503 g/mol. The second kappa shape index (κ2) is 8.35. The van der Waals surface area contributed by atoms with Crippen LogP contribution in [0.25, 0.3) is 11.3 Å². The van der Waals surface area contributed by atoms with Crippen molar-refractivity contribution in [2.45, 2.75) is 18.2 Å². The standard InChI is InChI=1S/C21H19BrN4O4S/c1-11(27)25-15-8-6-5-7-12(15)18-19(28)23-21(31-4)24-26(18)20(25)13-9-16(29-2)17(30-3)10-14(13)22/h5-10,20H,1-4H3/p+1. The van der Waals surface area contributed by atoms with E-state index in [-0.39, 0.29) is 11.5 Å². The quantitative estimate of drug-likeness (QED) is 0.434. The van der Waals surface area contributed by atoms with Crippen molar-refractivity contribution in [2.24, 2.45) is 0 Å². The molecule has 160 valence electrons. The summed E-state index contributed by atoms with van der Waals surface area (Å²) >= 11 is 4.92.